The minimum absolute atomic E-state index is 0.256. The standard InChI is InChI=1S/C13H18N2O/c1-9-5-4-8-15-12(9)14-11-7-3-2-6-10(11)13(15)16/h9H,2-8H2,1H3/t9-/m1/s1. The summed E-state index contributed by atoms with van der Waals surface area (Å²) in [7, 11) is 0. The van der Waals surface area contributed by atoms with Crippen LogP contribution in [0.1, 0.15) is 55.6 Å². The van der Waals surface area contributed by atoms with E-state index < -0.39 is 0 Å². The van der Waals surface area contributed by atoms with Gasteiger partial charge in [-0.25, -0.2) is 4.98 Å². The van der Waals surface area contributed by atoms with Gasteiger partial charge >= 0.3 is 0 Å². The first-order valence-corrected chi connectivity index (χ1v) is 6.40. The molecule has 0 saturated heterocycles. The number of hydrogen-bond donors (Lipinski definition) is 0. The number of nitrogens with zero attached hydrogens (tertiary/aromatic N) is 2. The fourth-order valence-corrected chi connectivity index (χ4v) is 2.99. The van der Waals surface area contributed by atoms with Gasteiger partial charge in [0.1, 0.15) is 5.82 Å². The molecule has 1 aliphatic heterocycles. The van der Waals surface area contributed by atoms with Gasteiger partial charge < -0.3 is 0 Å². The molecule has 2 aliphatic rings. The van der Waals surface area contributed by atoms with Gasteiger partial charge in [-0.2, -0.15) is 0 Å². The van der Waals surface area contributed by atoms with Gasteiger partial charge in [-0.1, -0.05) is 6.92 Å². The second-order valence-corrected chi connectivity index (χ2v) is 5.10. The topological polar surface area (TPSA) is 34.9 Å². The molecular weight excluding hydrogens is 200 g/mol. The lowest BCUT2D eigenvalue weighted by atomic mass is 9.94. The predicted molar refractivity (Wildman–Crippen MR) is 62.8 cm³/mol. The highest BCUT2D eigenvalue weighted by molar-refractivity contribution is 5.23. The van der Waals surface area contributed by atoms with Gasteiger partial charge in [-0.3, -0.25) is 9.36 Å². The highest BCUT2D eigenvalue weighted by Crippen LogP contribution is 2.26. The van der Waals surface area contributed by atoms with Crippen LogP contribution in [0.5, 0.6) is 0 Å². The van der Waals surface area contributed by atoms with E-state index >= 15 is 0 Å². The van der Waals surface area contributed by atoms with E-state index in [4.69, 9.17) is 4.98 Å². The van der Waals surface area contributed by atoms with Gasteiger partial charge in [0.15, 0.2) is 0 Å². The quantitative estimate of drug-likeness (QED) is 0.667. The van der Waals surface area contributed by atoms with Crippen LogP contribution >= 0.6 is 0 Å². The van der Waals surface area contributed by atoms with Crippen LogP contribution in [0.4, 0.5) is 0 Å². The Labute approximate surface area is 95.5 Å². The van der Waals surface area contributed by atoms with E-state index in [1.807, 2.05) is 4.57 Å². The molecule has 0 amide bonds. The van der Waals surface area contributed by atoms with Crippen molar-refractivity contribution in [1.82, 2.24) is 9.55 Å². The summed E-state index contributed by atoms with van der Waals surface area (Å²) in [5.41, 5.74) is 2.35. The van der Waals surface area contributed by atoms with Crippen molar-refractivity contribution in [2.45, 2.75) is 57.9 Å². The molecule has 3 heteroatoms. The molecule has 0 aromatic carbocycles. The second-order valence-electron chi connectivity index (χ2n) is 5.10. The van der Waals surface area contributed by atoms with Crippen molar-refractivity contribution in [1.29, 1.82) is 0 Å². The predicted octanol–water partition coefficient (Wildman–Crippen LogP) is 2.02. The minimum atomic E-state index is 0.256. The zero-order valence-corrected chi connectivity index (χ0v) is 9.83. The SMILES string of the molecule is C[C@@H]1CCCn2c1nc1c(c2=O)CCCC1. The van der Waals surface area contributed by atoms with Crippen LogP contribution in [0, 0.1) is 0 Å². The molecule has 1 aromatic heterocycles. The number of aromatic nitrogens is 2. The summed E-state index contributed by atoms with van der Waals surface area (Å²) in [6.45, 7) is 3.06. The van der Waals surface area contributed by atoms with Crippen LogP contribution in [-0.4, -0.2) is 9.55 Å². The minimum Gasteiger partial charge on any atom is -0.296 e. The molecular formula is C13H18N2O. The maximum Gasteiger partial charge on any atom is 0.256 e. The number of hydrogen-bond acceptors (Lipinski definition) is 2. The van der Waals surface area contributed by atoms with E-state index in [-0.39, 0.29) is 5.56 Å². The highest BCUT2D eigenvalue weighted by atomic mass is 16.1. The maximum absolute atomic E-state index is 12.3. The Hall–Kier alpha value is -1.12. The lowest BCUT2D eigenvalue weighted by Crippen LogP contribution is -2.34. The van der Waals surface area contributed by atoms with Crippen LogP contribution in [0.25, 0.3) is 0 Å². The summed E-state index contributed by atoms with van der Waals surface area (Å²) in [6.07, 6.45) is 6.58. The van der Waals surface area contributed by atoms with Gasteiger partial charge in [0.25, 0.3) is 5.56 Å². The van der Waals surface area contributed by atoms with E-state index in [1.165, 1.54) is 12.8 Å². The zero-order valence-electron chi connectivity index (χ0n) is 9.83. The molecule has 1 atom stereocenters. The molecule has 2 heterocycles. The molecule has 86 valence electrons. The second kappa shape index (κ2) is 3.72. The van der Waals surface area contributed by atoms with Crippen LogP contribution < -0.4 is 5.56 Å². The Kier molecular flexibility index (Phi) is 2.34. The summed E-state index contributed by atoms with van der Waals surface area (Å²) in [4.78, 5) is 17.1. The van der Waals surface area contributed by atoms with Crippen molar-refractivity contribution in [3.05, 3.63) is 27.4 Å². The lowest BCUT2D eigenvalue weighted by molar-refractivity contribution is 0.432. The largest absolute Gasteiger partial charge is 0.296 e. The Bertz CT molecular complexity index is 476. The molecule has 0 unspecified atom stereocenters. The van der Waals surface area contributed by atoms with Crippen molar-refractivity contribution in [3.8, 4) is 0 Å². The Balaban J connectivity index is 2.22. The Morgan fingerprint density at radius 1 is 1.25 bits per heavy atom. The Morgan fingerprint density at radius 2 is 2.06 bits per heavy atom. The van der Waals surface area contributed by atoms with Crippen molar-refractivity contribution in [3.63, 3.8) is 0 Å². The first kappa shape index (κ1) is 10.1. The third kappa shape index (κ3) is 1.41. The molecule has 16 heavy (non-hydrogen) atoms. The van der Waals surface area contributed by atoms with Gasteiger partial charge in [0.05, 0.1) is 5.69 Å². The average Bonchev–Trinajstić information content (AvgIpc) is 2.31. The molecule has 1 aliphatic carbocycles. The fraction of sp³-hybridized carbons (Fsp3) is 0.692. The van der Waals surface area contributed by atoms with E-state index in [1.54, 1.807) is 0 Å². The monoisotopic (exact) mass is 218 g/mol. The van der Waals surface area contributed by atoms with Gasteiger partial charge in [-0.05, 0) is 38.5 Å². The summed E-state index contributed by atoms with van der Waals surface area (Å²) >= 11 is 0. The van der Waals surface area contributed by atoms with Crippen LogP contribution in [0.15, 0.2) is 4.79 Å². The normalized spacial score (nSPS) is 23.7. The Morgan fingerprint density at radius 3 is 2.94 bits per heavy atom. The third-order valence-electron chi connectivity index (χ3n) is 3.93. The summed E-state index contributed by atoms with van der Waals surface area (Å²) < 4.78 is 1.93. The molecule has 3 nitrogen and oxygen atoms in total. The zero-order chi connectivity index (χ0) is 11.1. The van der Waals surface area contributed by atoms with Crippen molar-refractivity contribution < 1.29 is 0 Å². The van der Waals surface area contributed by atoms with Gasteiger partial charge in [0.2, 0.25) is 0 Å². The molecule has 0 fully saturated rings. The highest BCUT2D eigenvalue weighted by Gasteiger charge is 2.24. The summed E-state index contributed by atoms with van der Waals surface area (Å²) in [5, 5.41) is 0. The van der Waals surface area contributed by atoms with E-state index in [9.17, 15) is 4.79 Å². The van der Waals surface area contributed by atoms with Crippen LogP contribution in [0.2, 0.25) is 0 Å². The maximum atomic E-state index is 12.3. The van der Waals surface area contributed by atoms with Crippen LogP contribution in [-0.2, 0) is 19.4 Å². The lowest BCUT2D eigenvalue weighted by Gasteiger charge is -2.26. The number of aryl methyl sites for hydroxylation is 1. The molecule has 3 rings (SSSR count). The van der Waals surface area contributed by atoms with Gasteiger partial charge in [-0.15, -0.1) is 0 Å². The van der Waals surface area contributed by atoms with E-state index in [2.05, 4.69) is 6.92 Å². The average molecular weight is 218 g/mol. The number of fused-ring (bicyclic) bond motifs is 2. The first-order chi connectivity index (χ1) is 7.77. The smallest absolute Gasteiger partial charge is 0.256 e. The molecule has 0 radical (unpaired) electrons. The van der Waals surface area contributed by atoms with Crippen LogP contribution in [0.3, 0.4) is 0 Å². The summed E-state index contributed by atoms with van der Waals surface area (Å²) in [5.74, 6) is 1.49. The van der Waals surface area contributed by atoms with E-state index in [0.717, 1.165) is 49.3 Å². The van der Waals surface area contributed by atoms with Crippen molar-refractivity contribution in [2.75, 3.05) is 0 Å². The molecule has 0 bridgehead atoms. The molecule has 0 N–H and O–H groups in total. The van der Waals surface area contributed by atoms with E-state index in [0.29, 0.717) is 5.92 Å². The van der Waals surface area contributed by atoms with Gasteiger partial charge in [0, 0.05) is 18.0 Å². The third-order valence-corrected chi connectivity index (χ3v) is 3.93. The summed E-state index contributed by atoms with van der Waals surface area (Å²) in [6, 6.07) is 0. The van der Waals surface area contributed by atoms with Crippen molar-refractivity contribution >= 4 is 0 Å². The molecule has 1 aromatic rings. The first-order valence-electron chi connectivity index (χ1n) is 6.40. The molecule has 0 spiro atoms. The number of rotatable bonds is 0. The fourth-order valence-electron chi connectivity index (χ4n) is 2.99. The van der Waals surface area contributed by atoms with Crippen molar-refractivity contribution in [2.24, 2.45) is 0 Å². The molecule has 0 saturated carbocycles.